The van der Waals surface area contributed by atoms with Crippen LogP contribution in [0.25, 0.3) is 11.3 Å². The number of carbonyl (C=O) groups excluding carboxylic acids is 1. The van der Waals surface area contributed by atoms with Gasteiger partial charge in [-0.2, -0.15) is 0 Å². The number of hydrogen-bond acceptors (Lipinski definition) is 5. The van der Waals surface area contributed by atoms with Crippen LogP contribution >= 0.6 is 22.9 Å². The fourth-order valence-electron chi connectivity index (χ4n) is 2.77. The zero-order valence-electron chi connectivity index (χ0n) is 15.9. The zero-order chi connectivity index (χ0) is 20.1. The van der Waals surface area contributed by atoms with Gasteiger partial charge in [0.15, 0.2) is 11.7 Å². The fraction of sp³-hybridized carbons (Fsp3) is 0.238. The van der Waals surface area contributed by atoms with Crippen LogP contribution in [-0.4, -0.2) is 24.6 Å². The van der Waals surface area contributed by atoms with Crippen LogP contribution in [0.2, 0.25) is 5.02 Å². The maximum atomic E-state index is 12.2. The Hall–Kier alpha value is -2.57. The van der Waals surface area contributed by atoms with E-state index in [2.05, 4.69) is 23.3 Å². The van der Waals surface area contributed by atoms with Crippen molar-refractivity contribution >= 4 is 34.0 Å². The summed E-state index contributed by atoms with van der Waals surface area (Å²) in [6.45, 7) is 3.82. The van der Waals surface area contributed by atoms with Crippen LogP contribution < -0.4 is 14.8 Å². The summed E-state index contributed by atoms with van der Waals surface area (Å²) < 4.78 is 10.9. The molecule has 3 rings (SSSR count). The second-order valence-corrected chi connectivity index (χ2v) is 7.41. The molecule has 7 heteroatoms. The smallest absolute Gasteiger partial charge is 0.264 e. The molecule has 1 heterocycles. The Morgan fingerprint density at radius 3 is 2.82 bits per heavy atom. The number of halogens is 1. The van der Waals surface area contributed by atoms with Crippen LogP contribution in [0.1, 0.15) is 18.1 Å². The second-order valence-electron chi connectivity index (χ2n) is 6.14. The molecule has 0 aliphatic carbocycles. The lowest BCUT2D eigenvalue weighted by molar-refractivity contribution is -0.118. The number of carbonyl (C=O) groups is 1. The van der Waals surface area contributed by atoms with Gasteiger partial charge in [-0.15, -0.1) is 11.3 Å². The Morgan fingerprint density at radius 1 is 1.29 bits per heavy atom. The van der Waals surface area contributed by atoms with Gasteiger partial charge in [-0.05, 0) is 48.7 Å². The average Bonchev–Trinajstić information content (AvgIpc) is 3.15. The fourth-order valence-corrected chi connectivity index (χ4v) is 3.78. The standard InChI is InChI=1S/C21H21ClN2O3S/c1-4-14-10-15(8-9-18(14)26-3)17-12-28-21(23-17)24-19(25)11-27-20-13(2)6-5-7-16(20)22/h5-10,12H,4,11H2,1-3H3,(H,23,24,25). The lowest BCUT2D eigenvalue weighted by Gasteiger charge is -2.10. The minimum Gasteiger partial charge on any atom is -0.496 e. The molecular formula is C21H21ClN2O3S. The lowest BCUT2D eigenvalue weighted by Crippen LogP contribution is -2.20. The van der Waals surface area contributed by atoms with Gasteiger partial charge >= 0.3 is 0 Å². The van der Waals surface area contributed by atoms with E-state index in [4.69, 9.17) is 21.1 Å². The zero-order valence-corrected chi connectivity index (χ0v) is 17.5. The molecule has 0 aliphatic rings. The van der Waals surface area contributed by atoms with Gasteiger partial charge in [0.2, 0.25) is 0 Å². The highest BCUT2D eigenvalue weighted by atomic mass is 35.5. The van der Waals surface area contributed by atoms with Gasteiger partial charge in [-0.25, -0.2) is 4.98 Å². The van der Waals surface area contributed by atoms with E-state index in [1.807, 2.05) is 36.6 Å². The molecule has 0 spiro atoms. The average molecular weight is 417 g/mol. The van der Waals surface area contributed by atoms with Gasteiger partial charge in [0, 0.05) is 10.9 Å². The van der Waals surface area contributed by atoms with E-state index in [9.17, 15) is 4.79 Å². The first-order valence-corrected chi connectivity index (χ1v) is 10.1. The lowest BCUT2D eigenvalue weighted by atomic mass is 10.1. The van der Waals surface area contributed by atoms with Crippen LogP contribution in [0.4, 0.5) is 5.13 Å². The molecule has 0 saturated heterocycles. The molecule has 1 amide bonds. The number of hydrogen-bond donors (Lipinski definition) is 1. The van der Waals surface area contributed by atoms with E-state index in [1.54, 1.807) is 13.2 Å². The molecule has 3 aromatic rings. The van der Waals surface area contributed by atoms with E-state index in [1.165, 1.54) is 11.3 Å². The molecule has 146 valence electrons. The molecule has 2 aromatic carbocycles. The predicted octanol–water partition coefficient (Wildman–Crippen LogP) is 5.36. The summed E-state index contributed by atoms with van der Waals surface area (Å²) >= 11 is 7.48. The minimum atomic E-state index is -0.288. The van der Waals surface area contributed by atoms with Crippen molar-refractivity contribution in [1.82, 2.24) is 4.98 Å². The number of nitrogens with one attached hydrogen (secondary N) is 1. The number of thiazole rings is 1. The molecule has 0 radical (unpaired) electrons. The van der Waals surface area contributed by atoms with Gasteiger partial charge in [0.25, 0.3) is 5.91 Å². The highest BCUT2D eigenvalue weighted by molar-refractivity contribution is 7.14. The molecule has 0 atom stereocenters. The summed E-state index contributed by atoms with van der Waals surface area (Å²) in [4.78, 5) is 16.7. The SMILES string of the molecule is CCc1cc(-c2csc(NC(=O)COc3c(C)cccc3Cl)n2)ccc1OC. The molecule has 0 bridgehead atoms. The Labute approximate surface area is 173 Å². The second kappa shape index (κ2) is 9.08. The topological polar surface area (TPSA) is 60.5 Å². The van der Waals surface area contributed by atoms with Gasteiger partial charge in [0.1, 0.15) is 11.5 Å². The number of aryl methyl sites for hydroxylation is 2. The molecule has 0 fully saturated rings. The quantitative estimate of drug-likeness (QED) is 0.563. The summed E-state index contributed by atoms with van der Waals surface area (Å²) in [5.41, 5.74) is 3.78. The normalized spacial score (nSPS) is 10.6. The number of ether oxygens (including phenoxy) is 2. The molecule has 28 heavy (non-hydrogen) atoms. The first-order valence-electron chi connectivity index (χ1n) is 8.82. The Kier molecular flexibility index (Phi) is 6.54. The van der Waals surface area contributed by atoms with Crippen molar-refractivity contribution in [2.45, 2.75) is 20.3 Å². The molecule has 0 aliphatic heterocycles. The first kappa shape index (κ1) is 20.2. The number of anilines is 1. The van der Waals surface area contributed by atoms with Gasteiger partial charge in [0.05, 0.1) is 17.8 Å². The number of para-hydroxylation sites is 1. The Bertz CT molecular complexity index is 967. The van der Waals surface area contributed by atoms with Crippen LogP contribution in [-0.2, 0) is 11.2 Å². The van der Waals surface area contributed by atoms with Gasteiger partial charge in [-0.3, -0.25) is 10.1 Å². The summed E-state index contributed by atoms with van der Waals surface area (Å²) in [5.74, 6) is 1.09. The van der Waals surface area contributed by atoms with Crippen LogP contribution in [0, 0.1) is 6.92 Å². The summed E-state index contributed by atoms with van der Waals surface area (Å²) in [6, 6.07) is 11.4. The molecule has 1 N–H and O–H groups in total. The number of nitrogens with zero attached hydrogens (tertiary/aromatic N) is 1. The molecular weight excluding hydrogens is 396 g/mol. The van der Waals surface area contributed by atoms with E-state index in [-0.39, 0.29) is 12.5 Å². The van der Waals surface area contributed by atoms with E-state index >= 15 is 0 Å². The number of aromatic nitrogens is 1. The first-order chi connectivity index (χ1) is 13.5. The third-order valence-electron chi connectivity index (χ3n) is 4.22. The molecule has 1 aromatic heterocycles. The van der Waals surface area contributed by atoms with Crippen molar-refractivity contribution in [2.75, 3.05) is 19.0 Å². The van der Waals surface area contributed by atoms with Crippen LogP contribution in [0.5, 0.6) is 11.5 Å². The number of amides is 1. The van der Waals surface area contributed by atoms with Crippen molar-refractivity contribution in [3.63, 3.8) is 0 Å². The maximum absolute atomic E-state index is 12.2. The Balaban J connectivity index is 1.65. The van der Waals surface area contributed by atoms with Crippen molar-refractivity contribution in [2.24, 2.45) is 0 Å². The third kappa shape index (κ3) is 4.64. The molecule has 0 saturated carbocycles. The van der Waals surface area contributed by atoms with Crippen LogP contribution in [0.15, 0.2) is 41.8 Å². The van der Waals surface area contributed by atoms with E-state index in [0.717, 1.165) is 34.6 Å². The molecule has 5 nitrogen and oxygen atoms in total. The summed E-state index contributed by atoms with van der Waals surface area (Å²) in [7, 11) is 1.66. The maximum Gasteiger partial charge on any atom is 0.264 e. The number of benzene rings is 2. The van der Waals surface area contributed by atoms with E-state index in [0.29, 0.717) is 15.9 Å². The van der Waals surface area contributed by atoms with E-state index < -0.39 is 0 Å². The number of methoxy groups -OCH3 is 1. The van der Waals surface area contributed by atoms with Crippen molar-refractivity contribution in [3.05, 3.63) is 57.9 Å². The monoisotopic (exact) mass is 416 g/mol. The van der Waals surface area contributed by atoms with Gasteiger partial charge < -0.3 is 9.47 Å². The largest absolute Gasteiger partial charge is 0.496 e. The van der Waals surface area contributed by atoms with Gasteiger partial charge in [-0.1, -0.05) is 30.7 Å². The van der Waals surface area contributed by atoms with Crippen molar-refractivity contribution < 1.29 is 14.3 Å². The third-order valence-corrected chi connectivity index (χ3v) is 5.27. The minimum absolute atomic E-state index is 0.137. The number of rotatable bonds is 7. The summed E-state index contributed by atoms with van der Waals surface area (Å²) in [5, 5.41) is 5.68. The molecule has 0 unspecified atom stereocenters. The highest BCUT2D eigenvalue weighted by Gasteiger charge is 2.12. The predicted molar refractivity (Wildman–Crippen MR) is 114 cm³/mol. The van der Waals surface area contributed by atoms with Crippen molar-refractivity contribution in [1.29, 1.82) is 0 Å². The summed E-state index contributed by atoms with van der Waals surface area (Å²) in [6.07, 6.45) is 0.865. The Morgan fingerprint density at radius 2 is 2.11 bits per heavy atom. The van der Waals surface area contributed by atoms with Crippen molar-refractivity contribution in [3.8, 4) is 22.8 Å². The highest BCUT2D eigenvalue weighted by Crippen LogP contribution is 2.30. The van der Waals surface area contributed by atoms with Crippen LogP contribution in [0.3, 0.4) is 0 Å².